The lowest BCUT2D eigenvalue weighted by Crippen LogP contribution is -2.37. The molecule has 0 heterocycles. The first kappa shape index (κ1) is 13.6. The molecule has 0 saturated carbocycles. The quantitative estimate of drug-likeness (QED) is 0.267. The van der Waals surface area contributed by atoms with Crippen LogP contribution in [0.2, 0.25) is 0 Å². The van der Waals surface area contributed by atoms with E-state index in [0.29, 0.717) is 11.8 Å². The number of unbranched alkanes of at least 4 members (excludes halogenated alkanes) is 3. The highest BCUT2D eigenvalue weighted by Crippen LogP contribution is 2.09. The third-order valence-electron chi connectivity index (χ3n) is 2.25. The average molecular weight is 202 g/mol. The van der Waals surface area contributed by atoms with Crippen molar-refractivity contribution < 1.29 is 4.48 Å². The molecule has 84 valence electrons. The molecule has 0 radical (unpaired) electrons. The van der Waals surface area contributed by atoms with E-state index in [0.717, 1.165) is 12.8 Å². The minimum absolute atomic E-state index is 0.0493. The average Bonchev–Trinajstić information content (AvgIpc) is 2.20. The van der Waals surface area contributed by atoms with Crippen LogP contribution in [-0.2, 0) is 0 Å². The van der Waals surface area contributed by atoms with Gasteiger partial charge < -0.3 is 0 Å². The van der Waals surface area contributed by atoms with E-state index >= 15 is 0 Å². The molecule has 0 aliphatic carbocycles. The Kier molecular flexibility index (Phi) is 8.89. The Morgan fingerprint density at radius 2 is 2.14 bits per heavy atom. The molecular formula is C11H23FN2. The van der Waals surface area contributed by atoms with Crippen molar-refractivity contribution in [2.75, 3.05) is 6.54 Å². The predicted octanol–water partition coefficient (Wildman–Crippen LogP) is 3.22. The van der Waals surface area contributed by atoms with Gasteiger partial charge in [-0.15, -0.1) is 11.1 Å². The van der Waals surface area contributed by atoms with Crippen molar-refractivity contribution in [1.29, 1.82) is 0 Å². The van der Waals surface area contributed by atoms with Crippen LogP contribution in [0.4, 0.5) is 4.48 Å². The molecule has 0 aromatic carbocycles. The molecule has 0 aromatic heterocycles. The van der Waals surface area contributed by atoms with Crippen molar-refractivity contribution in [2.45, 2.75) is 52.0 Å². The molecule has 1 unspecified atom stereocenters. The summed E-state index contributed by atoms with van der Waals surface area (Å²) < 4.78 is 13.2. The maximum absolute atomic E-state index is 13.2. The van der Waals surface area contributed by atoms with Gasteiger partial charge in [0.1, 0.15) is 0 Å². The van der Waals surface area contributed by atoms with Crippen molar-refractivity contribution in [3.8, 4) is 0 Å². The highest BCUT2D eigenvalue weighted by molar-refractivity contribution is 4.68. The van der Waals surface area contributed by atoms with E-state index in [2.05, 4.69) is 18.9 Å². The van der Waals surface area contributed by atoms with Gasteiger partial charge in [-0.3, -0.25) is 0 Å². The summed E-state index contributed by atoms with van der Waals surface area (Å²) in [7, 11) is 0. The Labute approximate surface area is 87.1 Å². The number of hydrogen-bond acceptors (Lipinski definition) is 2. The second-order valence-electron chi connectivity index (χ2n) is 3.66. The minimum atomic E-state index is -0.0493. The van der Waals surface area contributed by atoms with Crippen LogP contribution in [0.25, 0.3) is 0 Å². The van der Waals surface area contributed by atoms with E-state index < -0.39 is 0 Å². The third-order valence-corrected chi connectivity index (χ3v) is 2.25. The smallest absolute Gasteiger partial charge is 0.0535 e. The molecule has 0 spiro atoms. The number of rotatable bonds is 9. The SMILES string of the molecule is C=CCNN(F)C(C)CCCCCC. The maximum Gasteiger partial charge on any atom is 0.0535 e. The first-order valence-electron chi connectivity index (χ1n) is 5.51. The van der Waals surface area contributed by atoms with Crippen molar-refractivity contribution in [1.82, 2.24) is 10.7 Å². The molecule has 0 saturated heterocycles. The topological polar surface area (TPSA) is 15.3 Å². The van der Waals surface area contributed by atoms with Crippen LogP contribution in [0.5, 0.6) is 0 Å². The molecule has 14 heavy (non-hydrogen) atoms. The lowest BCUT2D eigenvalue weighted by molar-refractivity contribution is -0.0681. The zero-order valence-corrected chi connectivity index (χ0v) is 9.43. The summed E-state index contributed by atoms with van der Waals surface area (Å²) in [5.41, 5.74) is 2.62. The standard InChI is InChI=1S/C11H23FN2/c1-4-6-7-8-9-11(3)14(12)13-10-5-2/h5,11,13H,2,4,6-10H2,1,3H3. The Morgan fingerprint density at radius 3 is 2.71 bits per heavy atom. The monoisotopic (exact) mass is 202 g/mol. The van der Waals surface area contributed by atoms with Crippen LogP contribution >= 0.6 is 0 Å². The van der Waals surface area contributed by atoms with Crippen LogP contribution in [0.1, 0.15) is 46.0 Å². The minimum Gasteiger partial charge on any atom is -0.223 e. The van der Waals surface area contributed by atoms with Gasteiger partial charge in [0.2, 0.25) is 0 Å². The van der Waals surface area contributed by atoms with Crippen LogP contribution in [0.15, 0.2) is 12.7 Å². The van der Waals surface area contributed by atoms with E-state index in [1.807, 2.05) is 6.92 Å². The van der Waals surface area contributed by atoms with Gasteiger partial charge in [-0.2, -0.15) is 0 Å². The summed E-state index contributed by atoms with van der Waals surface area (Å²) in [4.78, 5) is 0. The Balaban J connectivity index is 3.41. The molecule has 2 nitrogen and oxygen atoms in total. The van der Waals surface area contributed by atoms with E-state index in [9.17, 15) is 4.48 Å². The molecule has 3 heteroatoms. The van der Waals surface area contributed by atoms with Crippen molar-refractivity contribution in [3.63, 3.8) is 0 Å². The lowest BCUT2D eigenvalue weighted by atomic mass is 10.1. The zero-order valence-electron chi connectivity index (χ0n) is 9.43. The van der Waals surface area contributed by atoms with Gasteiger partial charge in [0.25, 0.3) is 0 Å². The summed E-state index contributed by atoms with van der Waals surface area (Å²) >= 11 is 0. The summed E-state index contributed by atoms with van der Waals surface area (Å²) in [5, 5.41) is 0.688. The number of nitrogens with one attached hydrogen (secondary N) is 1. The van der Waals surface area contributed by atoms with Gasteiger partial charge in [0, 0.05) is 6.54 Å². The van der Waals surface area contributed by atoms with Crippen molar-refractivity contribution in [3.05, 3.63) is 12.7 Å². The maximum atomic E-state index is 13.2. The van der Waals surface area contributed by atoms with Gasteiger partial charge in [-0.1, -0.05) is 43.9 Å². The molecule has 1 N–H and O–H groups in total. The number of hydrazine groups is 1. The van der Waals surface area contributed by atoms with Gasteiger partial charge in [0.15, 0.2) is 0 Å². The van der Waals surface area contributed by atoms with E-state index in [4.69, 9.17) is 0 Å². The summed E-state index contributed by atoms with van der Waals surface area (Å²) in [6.07, 6.45) is 7.33. The van der Waals surface area contributed by atoms with Crippen LogP contribution in [0, 0.1) is 0 Å². The fraction of sp³-hybridized carbons (Fsp3) is 0.818. The number of hydrogen-bond donors (Lipinski definition) is 1. The first-order valence-corrected chi connectivity index (χ1v) is 5.51. The predicted molar refractivity (Wildman–Crippen MR) is 59.4 cm³/mol. The summed E-state index contributed by atoms with van der Waals surface area (Å²) in [5.74, 6) is 0. The molecule has 0 amide bonds. The molecular weight excluding hydrogens is 179 g/mol. The Hall–Kier alpha value is -0.410. The highest BCUT2D eigenvalue weighted by Gasteiger charge is 2.10. The second kappa shape index (κ2) is 9.16. The molecule has 0 fully saturated rings. The zero-order chi connectivity index (χ0) is 10.8. The molecule has 0 aliphatic heterocycles. The Bertz CT molecular complexity index is 139. The fourth-order valence-electron chi connectivity index (χ4n) is 1.29. The number of halogens is 1. The van der Waals surface area contributed by atoms with Gasteiger partial charge in [-0.25, -0.2) is 5.43 Å². The van der Waals surface area contributed by atoms with Crippen LogP contribution in [-0.4, -0.2) is 17.8 Å². The molecule has 0 aliphatic rings. The van der Waals surface area contributed by atoms with Crippen LogP contribution in [0.3, 0.4) is 0 Å². The molecule has 0 aromatic rings. The summed E-state index contributed by atoms with van der Waals surface area (Å²) in [6.45, 7) is 8.07. The number of nitrogens with zero attached hydrogens (tertiary/aromatic N) is 1. The van der Waals surface area contributed by atoms with Crippen LogP contribution < -0.4 is 5.43 Å². The third kappa shape index (κ3) is 7.04. The molecule has 0 bridgehead atoms. The molecule has 0 rings (SSSR count). The van der Waals surface area contributed by atoms with Gasteiger partial charge >= 0.3 is 0 Å². The van der Waals surface area contributed by atoms with E-state index in [1.165, 1.54) is 19.3 Å². The van der Waals surface area contributed by atoms with Crippen molar-refractivity contribution in [2.24, 2.45) is 0 Å². The van der Waals surface area contributed by atoms with Crippen molar-refractivity contribution >= 4 is 0 Å². The second-order valence-corrected chi connectivity index (χ2v) is 3.66. The van der Waals surface area contributed by atoms with E-state index in [1.54, 1.807) is 6.08 Å². The highest BCUT2D eigenvalue weighted by atomic mass is 19.2. The largest absolute Gasteiger partial charge is 0.223 e. The fourth-order valence-corrected chi connectivity index (χ4v) is 1.29. The normalized spacial score (nSPS) is 13.1. The van der Waals surface area contributed by atoms with E-state index in [-0.39, 0.29) is 6.04 Å². The summed E-state index contributed by atoms with van der Waals surface area (Å²) in [6, 6.07) is -0.0493. The molecule has 1 atom stereocenters. The Morgan fingerprint density at radius 1 is 1.43 bits per heavy atom. The van der Waals surface area contributed by atoms with Gasteiger partial charge in [0.05, 0.1) is 6.04 Å². The van der Waals surface area contributed by atoms with Gasteiger partial charge in [-0.05, 0) is 13.3 Å². The lowest BCUT2D eigenvalue weighted by Gasteiger charge is -2.19. The first-order chi connectivity index (χ1) is 6.72.